The van der Waals surface area contributed by atoms with Crippen LogP contribution in [0.1, 0.15) is 37.9 Å². The summed E-state index contributed by atoms with van der Waals surface area (Å²) in [5.41, 5.74) is 0.334. The second-order valence-corrected chi connectivity index (χ2v) is 5.43. The number of aromatic nitrogens is 2. The molecule has 2 rings (SSSR count). The predicted octanol–water partition coefficient (Wildman–Crippen LogP) is 2.34. The molecule has 0 amide bonds. The van der Waals surface area contributed by atoms with Crippen LogP contribution in [0.3, 0.4) is 0 Å². The third-order valence-electron chi connectivity index (χ3n) is 2.70. The Morgan fingerprint density at radius 3 is 3.00 bits per heavy atom. The van der Waals surface area contributed by atoms with E-state index in [0.29, 0.717) is 28.7 Å². The van der Waals surface area contributed by atoms with Gasteiger partial charge >= 0.3 is 0 Å². The van der Waals surface area contributed by atoms with Crippen LogP contribution in [0.5, 0.6) is 0 Å². The lowest BCUT2D eigenvalue weighted by atomic mass is 10.1. The van der Waals surface area contributed by atoms with Crippen LogP contribution in [0, 0.1) is 16.7 Å². The third kappa shape index (κ3) is 2.32. The molecule has 1 aliphatic carbocycles. The molecule has 1 fully saturated rings. The van der Waals surface area contributed by atoms with Crippen molar-refractivity contribution in [2.45, 2.75) is 31.9 Å². The average Bonchev–Trinajstić information content (AvgIpc) is 2.64. The average molecular weight is 223 g/mol. The van der Waals surface area contributed by atoms with Crippen molar-refractivity contribution in [3.05, 3.63) is 11.7 Å². The van der Waals surface area contributed by atoms with Gasteiger partial charge < -0.3 is 4.52 Å². The van der Waals surface area contributed by atoms with Gasteiger partial charge in [-0.05, 0) is 11.8 Å². The van der Waals surface area contributed by atoms with Crippen molar-refractivity contribution in [3.63, 3.8) is 0 Å². The van der Waals surface area contributed by atoms with Gasteiger partial charge in [0.1, 0.15) is 0 Å². The molecular weight excluding hydrogens is 210 g/mol. The van der Waals surface area contributed by atoms with Gasteiger partial charge in [-0.1, -0.05) is 19.0 Å². The maximum atomic E-state index is 8.38. The van der Waals surface area contributed by atoms with E-state index in [0.717, 1.165) is 12.2 Å². The second kappa shape index (κ2) is 3.86. The Balaban J connectivity index is 1.91. The topological polar surface area (TPSA) is 62.7 Å². The van der Waals surface area contributed by atoms with E-state index in [1.165, 1.54) is 11.8 Å². The Morgan fingerprint density at radius 2 is 2.40 bits per heavy atom. The van der Waals surface area contributed by atoms with Crippen molar-refractivity contribution in [2.75, 3.05) is 5.75 Å². The van der Waals surface area contributed by atoms with Crippen LogP contribution in [-0.4, -0.2) is 15.9 Å². The first-order valence-corrected chi connectivity index (χ1v) is 6.06. The number of hydrogen-bond acceptors (Lipinski definition) is 5. The van der Waals surface area contributed by atoms with E-state index >= 15 is 0 Å². The van der Waals surface area contributed by atoms with Gasteiger partial charge in [-0.3, -0.25) is 0 Å². The minimum Gasteiger partial charge on any atom is -0.338 e. The molecule has 1 aliphatic rings. The van der Waals surface area contributed by atoms with Crippen LogP contribution in [0.15, 0.2) is 4.52 Å². The Bertz CT molecular complexity index is 394. The molecule has 0 radical (unpaired) electrons. The van der Waals surface area contributed by atoms with Crippen molar-refractivity contribution in [2.24, 2.45) is 5.41 Å². The molecule has 15 heavy (non-hydrogen) atoms. The summed E-state index contributed by atoms with van der Waals surface area (Å²) >= 11 is 1.49. The number of hydrogen-bond donors (Lipinski definition) is 0. The molecule has 1 aromatic rings. The van der Waals surface area contributed by atoms with Gasteiger partial charge in [0.2, 0.25) is 5.89 Å². The van der Waals surface area contributed by atoms with Crippen LogP contribution in [0.25, 0.3) is 0 Å². The van der Waals surface area contributed by atoms with E-state index in [9.17, 15) is 0 Å². The van der Waals surface area contributed by atoms with E-state index in [-0.39, 0.29) is 0 Å². The Morgan fingerprint density at radius 1 is 1.67 bits per heavy atom. The van der Waals surface area contributed by atoms with E-state index in [1.54, 1.807) is 0 Å². The summed E-state index contributed by atoms with van der Waals surface area (Å²) in [5, 5.41) is 12.3. The van der Waals surface area contributed by atoms with E-state index < -0.39 is 0 Å². The zero-order chi connectivity index (χ0) is 10.9. The van der Waals surface area contributed by atoms with Crippen molar-refractivity contribution in [1.29, 1.82) is 5.26 Å². The molecule has 1 unspecified atom stereocenters. The van der Waals surface area contributed by atoms with Gasteiger partial charge in [-0.2, -0.15) is 10.2 Å². The first kappa shape index (κ1) is 10.5. The standard InChI is InChI=1S/C10H13N3OS/c1-10(2)5-7(10)9-12-8(14-13-9)6-15-4-3-11/h7H,4-6H2,1-2H3. The SMILES string of the molecule is CC1(C)CC1c1noc(CSCC#N)n1. The minimum absolute atomic E-state index is 0.334. The highest BCUT2D eigenvalue weighted by atomic mass is 32.2. The maximum Gasteiger partial charge on any atom is 0.236 e. The van der Waals surface area contributed by atoms with Crippen molar-refractivity contribution >= 4 is 11.8 Å². The largest absolute Gasteiger partial charge is 0.338 e. The molecule has 4 nitrogen and oxygen atoms in total. The van der Waals surface area contributed by atoms with E-state index in [1.807, 2.05) is 0 Å². The molecule has 0 N–H and O–H groups in total. The molecular formula is C10H13N3OS. The molecule has 80 valence electrons. The fraction of sp³-hybridized carbons (Fsp3) is 0.700. The molecule has 0 aromatic carbocycles. The van der Waals surface area contributed by atoms with Gasteiger partial charge in [-0.25, -0.2) is 0 Å². The molecule has 0 spiro atoms. The first-order chi connectivity index (χ1) is 7.13. The fourth-order valence-electron chi connectivity index (χ4n) is 1.56. The highest BCUT2D eigenvalue weighted by Crippen LogP contribution is 2.57. The number of thioether (sulfide) groups is 1. The van der Waals surface area contributed by atoms with Crippen LogP contribution < -0.4 is 0 Å². The van der Waals surface area contributed by atoms with Gasteiger partial charge in [0.15, 0.2) is 5.82 Å². The Labute approximate surface area is 93.0 Å². The van der Waals surface area contributed by atoms with Crippen LogP contribution in [0.4, 0.5) is 0 Å². The summed E-state index contributed by atoms with van der Waals surface area (Å²) in [4.78, 5) is 4.33. The molecule has 0 bridgehead atoms. The highest BCUT2D eigenvalue weighted by molar-refractivity contribution is 7.98. The van der Waals surface area contributed by atoms with E-state index in [2.05, 4.69) is 30.1 Å². The predicted molar refractivity (Wildman–Crippen MR) is 57.2 cm³/mol. The van der Waals surface area contributed by atoms with Crippen LogP contribution in [0.2, 0.25) is 0 Å². The lowest BCUT2D eigenvalue weighted by molar-refractivity contribution is 0.383. The minimum atomic E-state index is 0.334. The van der Waals surface area contributed by atoms with Gasteiger partial charge in [-0.15, -0.1) is 11.8 Å². The quantitative estimate of drug-likeness (QED) is 0.733. The Hall–Kier alpha value is -1.02. The Kier molecular flexibility index (Phi) is 2.70. The zero-order valence-corrected chi connectivity index (χ0v) is 9.67. The number of nitrogens with zero attached hydrogens (tertiary/aromatic N) is 3. The zero-order valence-electron chi connectivity index (χ0n) is 8.86. The normalized spacial score (nSPS) is 22.3. The molecule has 1 heterocycles. The summed E-state index contributed by atoms with van der Waals surface area (Å²) in [6, 6.07) is 2.07. The summed E-state index contributed by atoms with van der Waals surface area (Å²) < 4.78 is 5.11. The molecule has 5 heteroatoms. The molecule has 0 saturated heterocycles. The first-order valence-electron chi connectivity index (χ1n) is 4.90. The van der Waals surface area contributed by atoms with Crippen molar-refractivity contribution in [1.82, 2.24) is 10.1 Å². The molecule has 0 aliphatic heterocycles. The van der Waals surface area contributed by atoms with Crippen LogP contribution >= 0.6 is 11.8 Å². The molecule has 1 atom stereocenters. The highest BCUT2D eigenvalue weighted by Gasteiger charge is 2.49. The van der Waals surface area contributed by atoms with Gasteiger partial charge in [0.25, 0.3) is 0 Å². The fourth-order valence-corrected chi connectivity index (χ4v) is 2.05. The third-order valence-corrected chi connectivity index (χ3v) is 3.49. The van der Waals surface area contributed by atoms with Crippen molar-refractivity contribution in [3.8, 4) is 6.07 Å². The lowest BCUT2D eigenvalue weighted by Gasteiger charge is -1.95. The van der Waals surface area contributed by atoms with Crippen LogP contribution in [-0.2, 0) is 5.75 Å². The molecule has 1 aromatic heterocycles. The smallest absolute Gasteiger partial charge is 0.236 e. The van der Waals surface area contributed by atoms with Gasteiger partial charge in [0.05, 0.1) is 17.6 Å². The number of rotatable bonds is 4. The summed E-state index contributed by atoms with van der Waals surface area (Å²) in [6.45, 7) is 4.41. The summed E-state index contributed by atoms with van der Waals surface area (Å²) in [7, 11) is 0. The van der Waals surface area contributed by atoms with Gasteiger partial charge in [0, 0.05) is 5.92 Å². The molecule has 1 saturated carbocycles. The lowest BCUT2D eigenvalue weighted by Crippen LogP contribution is -1.92. The number of nitriles is 1. The summed E-state index contributed by atoms with van der Waals surface area (Å²) in [5.74, 6) is 3.01. The van der Waals surface area contributed by atoms with Crippen molar-refractivity contribution < 1.29 is 4.52 Å². The monoisotopic (exact) mass is 223 g/mol. The summed E-state index contributed by atoms with van der Waals surface area (Å²) in [6.07, 6.45) is 1.14. The maximum absolute atomic E-state index is 8.38. The second-order valence-electron chi connectivity index (χ2n) is 4.44. The van der Waals surface area contributed by atoms with E-state index in [4.69, 9.17) is 9.78 Å².